The molecular formula is C20H16N6O2. The molecule has 2 bridgehead atoms. The van der Waals surface area contributed by atoms with Crippen LogP contribution in [0.25, 0.3) is 11.0 Å². The maximum Gasteiger partial charge on any atom is 0.227 e. The molecule has 2 N–H and O–H groups in total. The second-order valence-electron chi connectivity index (χ2n) is 5.78. The van der Waals surface area contributed by atoms with Gasteiger partial charge in [-0.25, -0.2) is 19.9 Å². The summed E-state index contributed by atoms with van der Waals surface area (Å²) in [6.45, 7) is 0. The van der Waals surface area contributed by atoms with Crippen LogP contribution in [0.15, 0.2) is 72.3 Å². The summed E-state index contributed by atoms with van der Waals surface area (Å²) in [7, 11) is 0. The number of fused-ring (bicyclic) bond motifs is 2. The Bertz CT molecular complexity index is 1110. The lowest BCUT2D eigenvalue weighted by atomic mass is 10.2. The molecule has 138 valence electrons. The molecule has 4 rings (SSSR count). The van der Waals surface area contributed by atoms with Gasteiger partial charge in [0.15, 0.2) is 11.6 Å². The number of aromatic nitrogens is 3. The standard InChI is InChI=1S/C20H16N6O2/c27-18-7-3-12-28-16-6-2-1-5-14(16)25-20-19-15(23-13-24-20)8-9-17(26-19)21-10-4-11-22-18/h1-6,8-13H,7H2,(H,22,27)(H,23,24,25)/b11-4-,12-3+,21-10?. The Kier molecular flexibility index (Phi) is 5.01. The van der Waals surface area contributed by atoms with Crippen LogP contribution in [0.3, 0.4) is 0 Å². The van der Waals surface area contributed by atoms with E-state index in [1.165, 1.54) is 18.8 Å². The molecule has 8 nitrogen and oxygen atoms in total. The largest absolute Gasteiger partial charge is 0.463 e. The SMILES string of the molecule is O=C1C/C=C/Oc2ccccc2Nc2ncnc3ccc(nc23)N=C/C=C\N1. The van der Waals surface area contributed by atoms with E-state index >= 15 is 0 Å². The lowest BCUT2D eigenvalue weighted by Gasteiger charge is -2.11. The summed E-state index contributed by atoms with van der Waals surface area (Å²) in [5.74, 6) is 1.46. The topological polar surface area (TPSA) is 101 Å². The number of nitrogens with zero attached hydrogens (tertiary/aromatic N) is 4. The quantitative estimate of drug-likeness (QED) is 0.627. The monoisotopic (exact) mass is 372 g/mol. The highest BCUT2D eigenvalue weighted by Gasteiger charge is 2.09. The molecule has 0 unspecified atom stereocenters. The Labute approximate surface area is 160 Å². The Morgan fingerprint density at radius 2 is 2.00 bits per heavy atom. The molecule has 1 aromatic carbocycles. The first-order chi connectivity index (χ1) is 13.8. The van der Waals surface area contributed by atoms with Crippen molar-refractivity contribution in [3.8, 4) is 5.75 Å². The molecule has 1 amide bonds. The highest BCUT2D eigenvalue weighted by molar-refractivity contribution is 5.89. The van der Waals surface area contributed by atoms with Gasteiger partial charge in [-0.1, -0.05) is 12.1 Å². The average molecular weight is 372 g/mol. The highest BCUT2D eigenvalue weighted by atomic mass is 16.5. The first-order valence-electron chi connectivity index (χ1n) is 8.58. The molecule has 0 saturated heterocycles. The fourth-order valence-corrected chi connectivity index (χ4v) is 2.53. The number of pyridine rings is 1. The fraction of sp³-hybridized carbons (Fsp3) is 0.0500. The lowest BCUT2D eigenvalue weighted by molar-refractivity contribution is -0.119. The van der Waals surface area contributed by atoms with Crippen molar-refractivity contribution in [1.29, 1.82) is 0 Å². The third-order valence-electron chi connectivity index (χ3n) is 3.84. The van der Waals surface area contributed by atoms with Crippen molar-refractivity contribution >= 4 is 40.5 Å². The van der Waals surface area contributed by atoms with Gasteiger partial charge in [0.25, 0.3) is 0 Å². The number of rotatable bonds is 0. The Balaban J connectivity index is 1.79. The molecule has 0 aliphatic carbocycles. The van der Waals surface area contributed by atoms with Crippen LogP contribution in [0.4, 0.5) is 17.3 Å². The van der Waals surface area contributed by atoms with E-state index in [2.05, 4.69) is 30.6 Å². The zero-order valence-electron chi connectivity index (χ0n) is 14.7. The Morgan fingerprint density at radius 1 is 1.07 bits per heavy atom. The predicted molar refractivity (Wildman–Crippen MR) is 107 cm³/mol. The van der Waals surface area contributed by atoms with Gasteiger partial charge in [0.2, 0.25) is 5.91 Å². The van der Waals surface area contributed by atoms with Gasteiger partial charge >= 0.3 is 0 Å². The number of hydrogen-bond acceptors (Lipinski definition) is 7. The maximum absolute atomic E-state index is 11.8. The molecule has 3 aromatic rings. The smallest absolute Gasteiger partial charge is 0.227 e. The molecule has 0 saturated carbocycles. The number of ether oxygens (including phenoxy) is 1. The third kappa shape index (κ3) is 4.01. The summed E-state index contributed by atoms with van der Waals surface area (Å²) in [5, 5.41) is 5.89. The van der Waals surface area contributed by atoms with E-state index in [1.807, 2.05) is 30.3 Å². The van der Waals surface area contributed by atoms with E-state index in [4.69, 9.17) is 4.74 Å². The molecule has 28 heavy (non-hydrogen) atoms. The molecule has 8 heteroatoms. The summed E-state index contributed by atoms with van der Waals surface area (Å²) < 4.78 is 5.68. The van der Waals surface area contributed by atoms with Crippen LogP contribution in [-0.2, 0) is 4.79 Å². The molecule has 0 radical (unpaired) electrons. The average Bonchev–Trinajstić information content (AvgIpc) is 2.72. The molecule has 2 aromatic heterocycles. The van der Waals surface area contributed by atoms with Gasteiger partial charge in [-0.05, 0) is 36.4 Å². The number of nitrogens with one attached hydrogen (secondary N) is 2. The molecule has 1 aliphatic heterocycles. The molecule has 0 fully saturated rings. The van der Waals surface area contributed by atoms with Gasteiger partial charge in [-0.2, -0.15) is 0 Å². The van der Waals surface area contributed by atoms with Gasteiger partial charge in [-0.15, -0.1) is 0 Å². The van der Waals surface area contributed by atoms with Crippen molar-refractivity contribution < 1.29 is 9.53 Å². The van der Waals surface area contributed by atoms with E-state index in [0.717, 1.165) is 0 Å². The lowest BCUT2D eigenvalue weighted by Crippen LogP contribution is -2.15. The normalized spacial score (nSPS) is 16.4. The second kappa shape index (κ2) is 8.09. The van der Waals surface area contributed by atoms with E-state index in [0.29, 0.717) is 34.1 Å². The molecule has 0 spiro atoms. The molecular weight excluding hydrogens is 356 g/mol. The zero-order valence-corrected chi connectivity index (χ0v) is 14.7. The van der Waals surface area contributed by atoms with Crippen molar-refractivity contribution in [3.63, 3.8) is 0 Å². The van der Waals surface area contributed by atoms with Crippen LogP contribution < -0.4 is 15.4 Å². The summed E-state index contributed by atoms with van der Waals surface area (Å²) in [5.41, 5.74) is 1.98. The first-order valence-corrected chi connectivity index (χ1v) is 8.58. The van der Waals surface area contributed by atoms with Crippen LogP contribution in [0, 0.1) is 0 Å². The van der Waals surface area contributed by atoms with Crippen molar-refractivity contribution in [2.75, 3.05) is 5.32 Å². The third-order valence-corrected chi connectivity index (χ3v) is 3.84. The van der Waals surface area contributed by atoms with Crippen LogP contribution in [0.5, 0.6) is 5.75 Å². The number of carbonyl (C=O) groups excluding carboxylic acids is 1. The van der Waals surface area contributed by atoms with Crippen molar-refractivity contribution in [2.24, 2.45) is 4.99 Å². The second-order valence-corrected chi connectivity index (χ2v) is 5.78. The van der Waals surface area contributed by atoms with Gasteiger partial charge < -0.3 is 15.4 Å². The van der Waals surface area contributed by atoms with Crippen molar-refractivity contribution in [1.82, 2.24) is 20.3 Å². The number of amides is 1. The molecule has 1 aliphatic rings. The minimum absolute atomic E-state index is 0.164. The van der Waals surface area contributed by atoms with Crippen LogP contribution in [-0.4, -0.2) is 27.1 Å². The zero-order chi connectivity index (χ0) is 19.2. The first kappa shape index (κ1) is 17.3. The van der Waals surface area contributed by atoms with Crippen LogP contribution >= 0.6 is 0 Å². The van der Waals surface area contributed by atoms with Gasteiger partial charge in [-0.3, -0.25) is 4.79 Å². The van der Waals surface area contributed by atoms with E-state index in [1.54, 1.807) is 24.4 Å². The van der Waals surface area contributed by atoms with Crippen LogP contribution in [0.2, 0.25) is 0 Å². The number of para-hydroxylation sites is 2. The predicted octanol–water partition coefficient (Wildman–Crippen LogP) is 3.40. The van der Waals surface area contributed by atoms with Crippen molar-refractivity contribution in [3.05, 3.63) is 67.3 Å². The van der Waals surface area contributed by atoms with Crippen LogP contribution in [0.1, 0.15) is 6.42 Å². The highest BCUT2D eigenvalue weighted by Crippen LogP contribution is 2.29. The van der Waals surface area contributed by atoms with E-state index < -0.39 is 0 Å². The van der Waals surface area contributed by atoms with Gasteiger partial charge in [0.1, 0.15) is 17.6 Å². The minimum Gasteiger partial charge on any atom is -0.463 e. The van der Waals surface area contributed by atoms with Gasteiger partial charge in [0, 0.05) is 18.8 Å². The number of allylic oxidation sites excluding steroid dienone is 1. The number of anilines is 2. The molecule has 0 atom stereocenters. The number of benzene rings is 1. The Hall–Kier alpha value is -4.07. The Morgan fingerprint density at radius 3 is 2.96 bits per heavy atom. The summed E-state index contributed by atoms with van der Waals surface area (Å²) in [4.78, 5) is 29.2. The summed E-state index contributed by atoms with van der Waals surface area (Å²) >= 11 is 0. The van der Waals surface area contributed by atoms with Gasteiger partial charge in [0.05, 0.1) is 17.5 Å². The molecule has 3 heterocycles. The van der Waals surface area contributed by atoms with Crippen molar-refractivity contribution in [2.45, 2.75) is 6.42 Å². The van der Waals surface area contributed by atoms with E-state index in [9.17, 15) is 4.79 Å². The minimum atomic E-state index is -0.164. The maximum atomic E-state index is 11.8. The fourth-order valence-electron chi connectivity index (χ4n) is 2.53. The number of hydrogen-bond donors (Lipinski definition) is 2. The summed E-state index contributed by atoms with van der Waals surface area (Å²) in [6.07, 6.45) is 9.48. The number of aliphatic imine (C=N–C) groups is 1. The summed E-state index contributed by atoms with van der Waals surface area (Å²) in [6, 6.07) is 11.0. The number of carbonyl (C=O) groups is 1. The van der Waals surface area contributed by atoms with E-state index in [-0.39, 0.29) is 12.3 Å².